The van der Waals surface area contributed by atoms with Gasteiger partial charge in [0, 0.05) is 0 Å². The van der Waals surface area contributed by atoms with Crippen LogP contribution in [0.1, 0.15) is 20.3 Å². The van der Waals surface area contributed by atoms with Gasteiger partial charge in [-0.1, -0.05) is 24.3 Å². The Bertz CT molecular complexity index is 192. The van der Waals surface area contributed by atoms with Crippen molar-refractivity contribution in [3.05, 3.63) is 35.5 Å². The summed E-state index contributed by atoms with van der Waals surface area (Å²) in [6, 6.07) is 0. The molecule has 0 N–H and O–H groups in total. The SMILES string of the molecule is C=C(C)C1=CCC=C1C. The van der Waals surface area contributed by atoms with Gasteiger partial charge in [-0.25, -0.2) is 0 Å². The molecule has 48 valence electrons. The van der Waals surface area contributed by atoms with Crippen LogP contribution in [0.5, 0.6) is 0 Å². The van der Waals surface area contributed by atoms with Crippen LogP contribution in [0.4, 0.5) is 0 Å². The van der Waals surface area contributed by atoms with Gasteiger partial charge < -0.3 is 0 Å². The summed E-state index contributed by atoms with van der Waals surface area (Å²) in [5.41, 5.74) is 3.90. The van der Waals surface area contributed by atoms with E-state index in [-0.39, 0.29) is 0 Å². The molecule has 0 saturated heterocycles. The fourth-order valence-electron chi connectivity index (χ4n) is 1.14. The van der Waals surface area contributed by atoms with Gasteiger partial charge in [0.15, 0.2) is 0 Å². The number of rotatable bonds is 1. The van der Waals surface area contributed by atoms with Gasteiger partial charge >= 0.3 is 0 Å². The summed E-state index contributed by atoms with van der Waals surface area (Å²) in [5, 5.41) is 0. The zero-order valence-electron chi connectivity index (χ0n) is 6.07. The summed E-state index contributed by atoms with van der Waals surface area (Å²) in [7, 11) is 0. The fraction of sp³-hybridized carbons (Fsp3) is 0.333. The van der Waals surface area contributed by atoms with E-state index >= 15 is 0 Å². The number of hydrogen-bond acceptors (Lipinski definition) is 0. The van der Waals surface area contributed by atoms with Crippen LogP contribution in [-0.2, 0) is 0 Å². The first kappa shape index (κ1) is 6.34. The molecular weight excluding hydrogens is 108 g/mol. The Labute approximate surface area is 56.6 Å². The molecule has 0 nitrogen and oxygen atoms in total. The highest BCUT2D eigenvalue weighted by Crippen LogP contribution is 2.23. The monoisotopic (exact) mass is 120 g/mol. The first-order valence-corrected chi connectivity index (χ1v) is 3.25. The molecule has 0 aliphatic heterocycles. The van der Waals surface area contributed by atoms with Gasteiger partial charge in [-0.15, -0.1) is 0 Å². The van der Waals surface area contributed by atoms with Crippen molar-refractivity contribution in [3.63, 3.8) is 0 Å². The van der Waals surface area contributed by atoms with E-state index in [1.54, 1.807) is 0 Å². The van der Waals surface area contributed by atoms with Crippen molar-refractivity contribution >= 4 is 0 Å². The second-order valence-corrected chi connectivity index (χ2v) is 2.52. The zero-order chi connectivity index (χ0) is 6.85. The highest BCUT2D eigenvalue weighted by atomic mass is 14.1. The van der Waals surface area contributed by atoms with E-state index in [1.165, 1.54) is 16.7 Å². The molecule has 0 unspecified atom stereocenters. The van der Waals surface area contributed by atoms with Crippen LogP contribution in [0.2, 0.25) is 0 Å². The van der Waals surface area contributed by atoms with Crippen molar-refractivity contribution in [2.24, 2.45) is 0 Å². The van der Waals surface area contributed by atoms with Gasteiger partial charge in [0.2, 0.25) is 0 Å². The molecule has 0 spiro atoms. The molecule has 0 aromatic heterocycles. The second kappa shape index (κ2) is 2.22. The van der Waals surface area contributed by atoms with Crippen LogP contribution in [-0.4, -0.2) is 0 Å². The van der Waals surface area contributed by atoms with Gasteiger partial charge in [0.1, 0.15) is 0 Å². The van der Waals surface area contributed by atoms with Crippen LogP contribution in [0, 0.1) is 0 Å². The maximum Gasteiger partial charge on any atom is -0.0154 e. The van der Waals surface area contributed by atoms with Crippen LogP contribution in [0.3, 0.4) is 0 Å². The van der Waals surface area contributed by atoms with E-state index in [0.717, 1.165) is 6.42 Å². The molecular formula is C9H12. The summed E-state index contributed by atoms with van der Waals surface area (Å²) in [6.07, 6.45) is 5.54. The van der Waals surface area contributed by atoms with Crippen molar-refractivity contribution in [2.75, 3.05) is 0 Å². The van der Waals surface area contributed by atoms with E-state index in [2.05, 4.69) is 32.6 Å². The molecule has 0 aromatic carbocycles. The van der Waals surface area contributed by atoms with Crippen molar-refractivity contribution in [2.45, 2.75) is 20.3 Å². The van der Waals surface area contributed by atoms with Crippen LogP contribution in [0.15, 0.2) is 35.5 Å². The minimum absolute atomic E-state index is 1.09. The molecule has 9 heavy (non-hydrogen) atoms. The first-order chi connectivity index (χ1) is 4.22. The zero-order valence-corrected chi connectivity index (χ0v) is 6.07. The Morgan fingerprint density at radius 2 is 2.22 bits per heavy atom. The predicted octanol–water partition coefficient (Wildman–Crippen LogP) is 2.84. The standard InChI is InChI=1S/C9H12/c1-7(2)9-6-4-5-8(9)3/h5-6H,1,4H2,2-3H3. The van der Waals surface area contributed by atoms with E-state index in [4.69, 9.17) is 0 Å². The van der Waals surface area contributed by atoms with Gasteiger partial charge in [0.05, 0.1) is 0 Å². The first-order valence-electron chi connectivity index (χ1n) is 3.25. The van der Waals surface area contributed by atoms with Gasteiger partial charge in [0.25, 0.3) is 0 Å². The fourth-order valence-corrected chi connectivity index (χ4v) is 1.14. The lowest BCUT2D eigenvalue weighted by molar-refractivity contribution is 1.36. The van der Waals surface area contributed by atoms with Crippen LogP contribution < -0.4 is 0 Å². The van der Waals surface area contributed by atoms with E-state index < -0.39 is 0 Å². The Morgan fingerprint density at radius 1 is 1.56 bits per heavy atom. The normalized spacial score (nSPS) is 17.1. The molecule has 0 heteroatoms. The lowest BCUT2D eigenvalue weighted by Crippen LogP contribution is -1.80. The van der Waals surface area contributed by atoms with Gasteiger partial charge in [-0.2, -0.15) is 0 Å². The molecule has 0 heterocycles. The Morgan fingerprint density at radius 3 is 2.44 bits per heavy atom. The highest BCUT2D eigenvalue weighted by Gasteiger charge is 2.03. The maximum atomic E-state index is 3.88. The largest absolute Gasteiger partial charge is 0.0955 e. The van der Waals surface area contributed by atoms with Crippen molar-refractivity contribution in [3.8, 4) is 0 Å². The molecule has 0 radical (unpaired) electrons. The molecule has 0 atom stereocenters. The van der Waals surface area contributed by atoms with Gasteiger partial charge in [-0.3, -0.25) is 0 Å². The highest BCUT2D eigenvalue weighted by molar-refractivity contribution is 5.47. The topological polar surface area (TPSA) is 0 Å². The van der Waals surface area contributed by atoms with Crippen LogP contribution >= 0.6 is 0 Å². The van der Waals surface area contributed by atoms with Crippen molar-refractivity contribution in [1.82, 2.24) is 0 Å². The maximum absolute atomic E-state index is 3.88. The van der Waals surface area contributed by atoms with E-state index in [9.17, 15) is 0 Å². The molecule has 0 fully saturated rings. The lowest BCUT2D eigenvalue weighted by atomic mass is 10.1. The molecule has 0 saturated carbocycles. The minimum atomic E-state index is 1.09. The van der Waals surface area contributed by atoms with Crippen molar-refractivity contribution in [1.29, 1.82) is 0 Å². The summed E-state index contributed by atoms with van der Waals surface area (Å²) in [6.45, 7) is 8.06. The smallest absolute Gasteiger partial charge is 0.0154 e. The number of allylic oxidation sites excluding steroid dienone is 5. The third kappa shape index (κ3) is 1.13. The quantitative estimate of drug-likeness (QED) is 0.499. The molecule has 1 rings (SSSR count). The average Bonchev–Trinajstić information content (AvgIpc) is 2.13. The Hall–Kier alpha value is -0.780. The molecule has 1 aliphatic rings. The number of hydrogen-bond donors (Lipinski definition) is 0. The van der Waals surface area contributed by atoms with E-state index in [0.29, 0.717) is 0 Å². The summed E-state index contributed by atoms with van der Waals surface area (Å²) >= 11 is 0. The second-order valence-electron chi connectivity index (χ2n) is 2.52. The minimum Gasteiger partial charge on any atom is -0.0955 e. The molecule has 0 bridgehead atoms. The Balaban J connectivity index is 2.84. The molecule has 0 aromatic rings. The van der Waals surface area contributed by atoms with E-state index in [1.807, 2.05) is 0 Å². The average molecular weight is 120 g/mol. The van der Waals surface area contributed by atoms with Gasteiger partial charge in [-0.05, 0) is 31.4 Å². The molecule has 0 amide bonds. The predicted molar refractivity (Wildman–Crippen MR) is 41.3 cm³/mol. The molecule has 1 aliphatic carbocycles. The van der Waals surface area contributed by atoms with Crippen LogP contribution in [0.25, 0.3) is 0 Å². The Kier molecular flexibility index (Phi) is 1.56. The summed E-state index contributed by atoms with van der Waals surface area (Å²) < 4.78 is 0. The summed E-state index contributed by atoms with van der Waals surface area (Å²) in [4.78, 5) is 0. The lowest BCUT2D eigenvalue weighted by Gasteiger charge is -1.99. The van der Waals surface area contributed by atoms with Crippen molar-refractivity contribution < 1.29 is 0 Å². The summed E-state index contributed by atoms with van der Waals surface area (Å²) in [5.74, 6) is 0. The third-order valence-corrected chi connectivity index (χ3v) is 1.63. The third-order valence-electron chi connectivity index (χ3n) is 1.63.